The molecule has 0 unspecified atom stereocenters. The third kappa shape index (κ3) is 1.65. The van der Waals surface area contributed by atoms with Gasteiger partial charge < -0.3 is 4.42 Å². The molecule has 0 atom stereocenters. The van der Waals surface area contributed by atoms with Crippen LogP contribution >= 0.6 is 15.9 Å². The maximum atomic E-state index is 12.2. The maximum Gasteiger partial charge on any atom is 0.218 e. The van der Waals surface area contributed by atoms with E-state index in [1.54, 1.807) is 18.2 Å². The van der Waals surface area contributed by atoms with Crippen LogP contribution in [0.5, 0.6) is 0 Å². The molecule has 0 bridgehead atoms. The van der Waals surface area contributed by atoms with Gasteiger partial charge in [0.15, 0.2) is 11.1 Å². The van der Waals surface area contributed by atoms with Gasteiger partial charge in [-0.15, -0.1) is 0 Å². The summed E-state index contributed by atoms with van der Waals surface area (Å²) in [6.07, 6.45) is 0. The van der Waals surface area contributed by atoms with Gasteiger partial charge in [0.2, 0.25) is 5.43 Å². The highest BCUT2D eigenvalue weighted by Gasteiger charge is 2.08. The van der Waals surface area contributed by atoms with Gasteiger partial charge in [0, 0.05) is 5.33 Å². The summed E-state index contributed by atoms with van der Waals surface area (Å²) >= 11 is 3.32. The minimum absolute atomic E-state index is 0.0790. The molecular formula is C13H8BrNO2. The number of rotatable bonds is 1. The number of pyridine rings is 1. The molecule has 0 fully saturated rings. The van der Waals surface area contributed by atoms with Crippen LogP contribution in [0.15, 0.2) is 45.6 Å². The Bertz CT molecular complexity index is 764. The Hall–Kier alpha value is -1.68. The van der Waals surface area contributed by atoms with Crippen molar-refractivity contribution < 1.29 is 4.42 Å². The number of halogens is 1. The molecule has 2 heterocycles. The fraction of sp³-hybridized carbons (Fsp3) is 0.0769. The van der Waals surface area contributed by atoms with Gasteiger partial charge in [-0.3, -0.25) is 4.79 Å². The van der Waals surface area contributed by atoms with Crippen LogP contribution in [0.3, 0.4) is 0 Å². The highest BCUT2D eigenvalue weighted by atomic mass is 79.9. The molecule has 0 radical (unpaired) electrons. The van der Waals surface area contributed by atoms with Crippen LogP contribution in [0.1, 0.15) is 5.69 Å². The van der Waals surface area contributed by atoms with Gasteiger partial charge in [-0.2, -0.15) is 0 Å². The first-order valence-electron chi connectivity index (χ1n) is 5.17. The first-order chi connectivity index (χ1) is 8.29. The molecule has 0 aliphatic heterocycles. The Morgan fingerprint density at radius 3 is 2.76 bits per heavy atom. The minimum atomic E-state index is -0.0790. The molecule has 0 aliphatic rings. The van der Waals surface area contributed by atoms with Crippen molar-refractivity contribution in [3.05, 3.63) is 52.3 Å². The quantitative estimate of drug-likeness (QED) is 0.510. The normalized spacial score (nSPS) is 11.1. The summed E-state index contributed by atoms with van der Waals surface area (Å²) < 4.78 is 5.65. The second kappa shape index (κ2) is 3.96. The van der Waals surface area contributed by atoms with Crippen molar-refractivity contribution in [3.63, 3.8) is 0 Å². The molecule has 17 heavy (non-hydrogen) atoms. The Morgan fingerprint density at radius 1 is 1.12 bits per heavy atom. The summed E-state index contributed by atoms with van der Waals surface area (Å²) in [7, 11) is 0. The van der Waals surface area contributed by atoms with Crippen molar-refractivity contribution in [2.45, 2.75) is 5.33 Å². The van der Waals surface area contributed by atoms with Crippen LogP contribution in [0, 0.1) is 0 Å². The van der Waals surface area contributed by atoms with Gasteiger partial charge in [0.05, 0.1) is 11.1 Å². The third-order valence-electron chi connectivity index (χ3n) is 2.62. The average molecular weight is 290 g/mol. The van der Waals surface area contributed by atoms with Gasteiger partial charge in [0.25, 0.3) is 0 Å². The van der Waals surface area contributed by atoms with Gasteiger partial charge in [-0.1, -0.05) is 28.1 Å². The molecule has 84 valence electrons. The number of hydrogen-bond acceptors (Lipinski definition) is 3. The highest BCUT2D eigenvalue weighted by molar-refractivity contribution is 9.08. The summed E-state index contributed by atoms with van der Waals surface area (Å²) in [4.78, 5) is 16.5. The van der Waals surface area contributed by atoms with E-state index in [4.69, 9.17) is 4.42 Å². The van der Waals surface area contributed by atoms with Crippen molar-refractivity contribution in [2.24, 2.45) is 0 Å². The van der Waals surface area contributed by atoms with E-state index in [0.29, 0.717) is 27.4 Å². The van der Waals surface area contributed by atoms with Gasteiger partial charge in [0.1, 0.15) is 5.58 Å². The molecule has 0 saturated carbocycles. The molecule has 3 nitrogen and oxygen atoms in total. The lowest BCUT2D eigenvalue weighted by Crippen LogP contribution is -2.04. The number of aromatic nitrogens is 1. The Labute approximate surface area is 105 Å². The van der Waals surface area contributed by atoms with Gasteiger partial charge >= 0.3 is 0 Å². The lowest BCUT2D eigenvalue weighted by atomic mass is 10.2. The molecule has 0 saturated heterocycles. The van der Waals surface area contributed by atoms with Crippen molar-refractivity contribution >= 4 is 38.0 Å². The molecule has 4 heteroatoms. The second-order valence-electron chi connectivity index (χ2n) is 3.71. The Balaban J connectivity index is 2.51. The number of hydrogen-bond donors (Lipinski definition) is 0. The van der Waals surface area contributed by atoms with Crippen LogP contribution in [-0.4, -0.2) is 4.98 Å². The Kier molecular flexibility index (Phi) is 2.44. The molecule has 0 aliphatic carbocycles. The van der Waals surface area contributed by atoms with E-state index in [1.165, 1.54) is 0 Å². The lowest BCUT2D eigenvalue weighted by Gasteiger charge is -2.01. The van der Waals surface area contributed by atoms with E-state index in [1.807, 2.05) is 18.2 Å². The molecular weight excluding hydrogens is 282 g/mol. The van der Waals surface area contributed by atoms with E-state index < -0.39 is 0 Å². The summed E-state index contributed by atoms with van der Waals surface area (Å²) in [5, 5.41) is 1.19. The number of nitrogens with zero attached hydrogens (tertiary/aromatic N) is 1. The fourth-order valence-electron chi connectivity index (χ4n) is 1.80. The molecule has 0 spiro atoms. The first kappa shape index (κ1) is 10.5. The van der Waals surface area contributed by atoms with Crippen LogP contribution in [0.4, 0.5) is 0 Å². The van der Waals surface area contributed by atoms with E-state index in [-0.39, 0.29) is 5.43 Å². The van der Waals surface area contributed by atoms with Crippen molar-refractivity contribution in [1.82, 2.24) is 4.98 Å². The van der Waals surface area contributed by atoms with Gasteiger partial charge in [-0.25, -0.2) is 4.98 Å². The Morgan fingerprint density at radius 2 is 1.94 bits per heavy atom. The maximum absolute atomic E-state index is 12.2. The van der Waals surface area contributed by atoms with E-state index in [9.17, 15) is 4.79 Å². The lowest BCUT2D eigenvalue weighted by molar-refractivity contribution is 0.658. The largest absolute Gasteiger partial charge is 0.454 e. The third-order valence-corrected chi connectivity index (χ3v) is 3.19. The summed E-state index contributed by atoms with van der Waals surface area (Å²) in [5.74, 6) is 0. The predicted molar refractivity (Wildman–Crippen MR) is 70.4 cm³/mol. The molecule has 1 aromatic carbocycles. The molecule has 0 N–H and O–H groups in total. The number of benzene rings is 1. The van der Waals surface area contributed by atoms with Crippen LogP contribution in [-0.2, 0) is 5.33 Å². The highest BCUT2D eigenvalue weighted by Crippen LogP contribution is 2.17. The zero-order valence-corrected chi connectivity index (χ0v) is 10.4. The van der Waals surface area contributed by atoms with Crippen LogP contribution in [0.2, 0.25) is 0 Å². The standard InChI is InChI=1S/C13H8BrNO2/c14-7-8-5-6-11-12(15-8)13(16)9-3-1-2-4-10(9)17-11/h1-6H,7H2. The van der Waals surface area contributed by atoms with E-state index >= 15 is 0 Å². The monoisotopic (exact) mass is 289 g/mol. The van der Waals surface area contributed by atoms with Gasteiger partial charge in [-0.05, 0) is 24.3 Å². The minimum Gasteiger partial charge on any atom is -0.454 e. The first-order valence-corrected chi connectivity index (χ1v) is 6.29. The molecule has 3 aromatic rings. The smallest absolute Gasteiger partial charge is 0.218 e. The summed E-state index contributed by atoms with van der Waals surface area (Å²) in [6, 6.07) is 10.8. The SMILES string of the molecule is O=c1c2ccccc2oc2ccc(CBr)nc12. The number of para-hydroxylation sites is 1. The number of alkyl halides is 1. The zero-order chi connectivity index (χ0) is 11.8. The van der Waals surface area contributed by atoms with E-state index in [2.05, 4.69) is 20.9 Å². The molecule has 3 rings (SSSR count). The van der Waals surface area contributed by atoms with Crippen LogP contribution in [0.25, 0.3) is 22.1 Å². The number of fused-ring (bicyclic) bond motifs is 2. The molecule has 0 amide bonds. The fourth-order valence-corrected chi connectivity index (χ4v) is 2.11. The zero-order valence-electron chi connectivity index (χ0n) is 8.81. The van der Waals surface area contributed by atoms with Crippen molar-refractivity contribution in [1.29, 1.82) is 0 Å². The average Bonchev–Trinajstić information content (AvgIpc) is 2.39. The predicted octanol–water partition coefficient (Wildman–Crippen LogP) is 3.24. The van der Waals surface area contributed by atoms with E-state index in [0.717, 1.165) is 5.69 Å². The summed E-state index contributed by atoms with van der Waals surface area (Å²) in [5.41, 5.74) is 2.25. The second-order valence-corrected chi connectivity index (χ2v) is 4.27. The molecule has 2 aromatic heterocycles. The topological polar surface area (TPSA) is 43.1 Å². The van der Waals surface area contributed by atoms with Crippen molar-refractivity contribution in [3.8, 4) is 0 Å². The summed E-state index contributed by atoms with van der Waals surface area (Å²) in [6.45, 7) is 0. The van der Waals surface area contributed by atoms with Crippen molar-refractivity contribution in [2.75, 3.05) is 0 Å². The van der Waals surface area contributed by atoms with Crippen LogP contribution < -0.4 is 5.43 Å².